The molecule has 5 nitrogen and oxygen atoms in total. The molecule has 0 aliphatic rings. The number of amides is 1. The molecule has 0 aliphatic heterocycles. The number of nitrogens with one attached hydrogen (secondary N) is 1. The van der Waals surface area contributed by atoms with Crippen molar-refractivity contribution in [1.82, 2.24) is 9.97 Å². The highest BCUT2D eigenvalue weighted by Crippen LogP contribution is 2.05. The quantitative estimate of drug-likeness (QED) is 0.678. The van der Waals surface area contributed by atoms with Gasteiger partial charge in [-0.25, -0.2) is 9.97 Å². The van der Waals surface area contributed by atoms with E-state index in [4.69, 9.17) is 17.3 Å². The van der Waals surface area contributed by atoms with E-state index in [2.05, 4.69) is 15.3 Å². The van der Waals surface area contributed by atoms with Crippen molar-refractivity contribution in [3.8, 4) is 0 Å². The van der Waals surface area contributed by atoms with Gasteiger partial charge in [-0.3, -0.25) is 10.1 Å². The third-order valence-electron chi connectivity index (χ3n) is 1.27. The van der Waals surface area contributed by atoms with Crippen LogP contribution in [0.2, 0.25) is 5.15 Å². The highest BCUT2D eigenvalue weighted by molar-refractivity contribution is 6.29. The summed E-state index contributed by atoms with van der Waals surface area (Å²) in [5.74, 6) is -0.183. The Morgan fingerprint density at radius 2 is 2.46 bits per heavy atom. The van der Waals surface area contributed by atoms with Gasteiger partial charge in [0.25, 0.3) is 0 Å². The van der Waals surface area contributed by atoms with Crippen LogP contribution >= 0.6 is 11.6 Å². The molecule has 0 bridgehead atoms. The predicted octanol–water partition coefficient (Wildman–Crippen LogP) is 0.416. The molecule has 70 valence electrons. The zero-order chi connectivity index (χ0) is 9.84. The van der Waals surface area contributed by atoms with Crippen molar-refractivity contribution in [1.29, 1.82) is 0 Å². The molecule has 3 N–H and O–H groups in total. The monoisotopic (exact) mass is 200 g/mol. The lowest BCUT2D eigenvalue weighted by Gasteiger charge is -2.05. The van der Waals surface area contributed by atoms with Crippen LogP contribution in [-0.4, -0.2) is 21.9 Å². The smallest absolute Gasteiger partial charge is 0.243 e. The summed E-state index contributed by atoms with van der Waals surface area (Å²) in [6.45, 7) is 1.57. The number of hydrogen-bond acceptors (Lipinski definition) is 4. The van der Waals surface area contributed by atoms with Crippen LogP contribution in [0.15, 0.2) is 12.3 Å². The molecule has 0 saturated carbocycles. The van der Waals surface area contributed by atoms with Gasteiger partial charge in [-0.2, -0.15) is 0 Å². The Morgan fingerprint density at radius 1 is 1.77 bits per heavy atom. The van der Waals surface area contributed by atoms with E-state index in [0.717, 1.165) is 0 Å². The third-order valence-corrected chi connectivity index (χ3v) is 1.48. The Balaban J connectivity index is 2.69. The molecule has 0 fully saturated rings. The summed E-state index contributed by atoms with van der Waals surface area (Å²) >= 11 is 5.57. The van der Waals surface area contributed by atoms with E-state index >= 15 is 0 Å². The number of carbonyl (C=O) groups is 1. The first-order valence-corrected chi connectivity index (χ1v) is 4.02. The number of halogens is 1. The van der Waals surface area contributed by atoms with E-state index in [1.807, 2.05) is 0 Å². The second-order valence-electron chi connectivity index (χ2n) is 2.48. The van der Waals surface area contributed by atoms with Crippen molar-refractivity contribution in [2.24, 2.45) is 5.73 Å². The summed E-state index contributed by atoms with van der Waals surface area (Å²) < 4.78 is 0. The molecule has 13 heavy (non-hydrogen) atoms. The molecule has 6 heteroatoms. The van der Waals surface area contributed by atoms with Crippen LogP contribution in [0.4, 0.5) is 5.95 Å². The SMILES string of the molecule is C[C@@H](N)C(=O)Nc1nccc(Cl)n1. The average molecular weight is 201 g/mol. The molecule has 0 spiro atoms. The van der Waals surface area contributed by atoms with E-state index in [0.29, 0.717) is 0 Å². The first-order chi connectivity index (χ1) is 6.09. The molecule has 1 aromatic heterocycles. The second-order valence-corrected chi connectivity index (χ2v) is 2.87. The minimum Gasteiger partial charge on any atom is -0.320 e. The summed E-state index contributed by atoms with van der Waals surface area (Å²) in [5.41, 5.74) is 5.32. The topological polar surface area (TPSA) is 80.9 Å². The Morgan fingerprint density at radius 3 is 3.00 bits per heavy atom. The summed E-state index contributed by atoms with van der Waals surface area (Å²) in [6.07, 6.45) is 1.45. The van der Waals surface area contributed by atoms with E-state index in [1.165, 1.54) is 12.3 Å². The molecule has 1 rings (SSSR count). The number of hydrogen-bond donors (Lipinski definition) is 2. The van der Waals surface area contributed by atoms with Crippen LogP contribution in [0.25, 0.3) is 0 Å². The number of rotatable bonds is 2. The maximum absolute atomic E-state index is 11.1. The fourth-order valence-electron chi connectivity index (χ4n) is 0.621. The van der Waals surface area contributed by atoms with Crippen LogP contribution in [-0.2, 0) is 4.79 Å². The van der Waals surface area contributed by atoms with Crippen LogP contribution < -0.4 is 11.1 Å². The van der Waals surface area contributed by atoms with Gasteiger partial charge in [-0.15, -0.1) is 0 Å². The van der Waals surface area contributed by atoms with Gasteiger partial charge in [0.2, 0.25) is 11.9 Å². The summed E-state index contributed by atoms with van der Waals surface area (Å²) in [6, 6.07) is 0.922. The normalized spacial score (nSPS) is 12.2. The highest BCUT2D eigenvalue weighted by atomic mass is 35.5. The Hall–Kier alpha value is -1.20. The molecule has 0 saturated heterocycles. The molecule has 1 atom stereocenters. The van der Waals surface area contributed by atoms with Gasteiger partial charge in [0, 0.05) is 6.20 Å². The van der Waals surface area contributed by atoms with Gasteiger partial charge in [0.15, 0.2) is 0 Å². The maximum Gasteiger partial charge on any atom is 0.243 e. The first-order valence-electron chi connectivity index (χ1n) is 3.64. The third kappa shape index (κ3) is 2.96. The van der Waals surface area contributed by atoms with Crippen molar-refractivity contribution < 1.29 is 4.79 Å². The van der Waals surface area contributed by atoms with Crippen LogP contribution in [0.3, 0.4) is 0 Å². The highest BCUT2D eigenvalue weighted by Gasteiger charge is 2.08. The second kappa shape index (κ2) is 4.15. The maximum atomic E-state index is 11.1. The van der Waals surface area contributed by atoms with E-state index in [9.17, 15) is 4.79 Å². The molecular weight excluding hydrogens is 192 g/mol. The lowest BCUT2D eigenvalue weighted by atomic mass is 10.3. The van der Waals surface area contributed by atoms with Crippen molar-refractivity contribution in [3.05, 3.63) is 17.4 Å². The van der Waals surface area contributed by atoms with Crippen molar-refractivity contribution in [2.45, 2.75) is 13.0 Å². The van der Waals surface area contributed by atoms with Crippen LogP contribution in [0.1, 0.15) is 6.92 Å². The van der Waals surface area contributed by atoms with Gasteiger partial charge in [0.1, 0.15) is 5.15 Å². The number of anilines is 1. The predicted molar refractivity (Wildman–Crippen MR) is 49.3 cm³/mol. The van der Waals surface area contributed by atoms with Gasteiger partial charge in [-0.1, -0.05) is 11.6 Å². The fourth-order valence-corrected chi connectivity index (χ4v) is 0.757. The number of nitrogens with zero attached hydrogens (tertiary/aromatic N) is 2. The molecule has 1 aromatic rings. The lowest BCUT2D eigenvalue weighted by molar-refractivity contribution is -0.117. The van der Waals surface area contributed by atoms with Crippen LogP contribution in [0.5, 0.6) is 0 Å². The zero-order valence-corrected chi connectivity index (χ0v) is 7.75. The molecule has 0 unspecified atom stereocenters. The van der Waals surface area contributed by atoms with E-state index in [1.54, 1.807) is 6.92 Å². The molecule has 1 amide bonds. The number of nitrogens with two attached hydrogens (primary N) is 1. The van der Waals surface area contributed by atoms with Crippen LogP contribution in [0, 0.1) is 0 Å². The van der Waals surface area contributed by atoms with Gasteiger partial charge in [-0.05, 0) is 13.0 Å². The molecule has 0 radical (unpaired) electrons. The fraction of sp³-hybridized carbons (Fsp3) is 0.286. The lowest BCUT2D eigenvalue weighted by Crippen LogP contribution is -2.33. The van der Waals surface area contributed by atoms with Gasteiger partial charge < -0.3 is 5.73 Å². The van der Waals surface area contributed by atoms with Crippen molar-refractivity contribution in [2.75, 3.05) is 5.32 Å². The van der Waals surface area contributed by atoms with E-state index in [-0.39, 0.29) is 17.0 Å². The summed E-state index contributed by atoms with van der Waals surface area (Å²) in [5, 5.41) is 2.68. The molecule has 1 heterocycles. The Bertz CT molecular complexity index is 315. The summed E-state index contributed by atoms with van der Waals surface area (Å²) in [7, 11) is 0. The Labute approximate surface area is 80.3 Å². The standard InChI is InChI=1S/C7H9ClN4O/c1-4(9)6(13)12-7-10-3-2-5(8)11-7/h2-4H,9H2,1H3,(H,10,11,12,13)/t4-/m1/s1. The largest absolute Gasteiger partial charge is 0.320 e. The minimum atomic E-state index is -0.595. The van der Waals surface area contributed by atoms with Gasteiger partial charge >= 0.3 is 0 Å². The van der Waals surface area contributed by atoms with Crippen molar-refractivity contribution in [3.63, 3.8) is 0 Å². The number of carbonyl (C=O) groups excluding carboxylic acids is 1. The Kier molecular flexibility index (Phi) is 3.16. The van der Waals surface area contributed by atoms with Gasteiger partial charge in [0.05, 0.1) is 6.04 Å². The molecule has 0 aliphatic carbocycles. The first kappa shape index (κ1) is 9.88. The molecule has 0 aromatic carbocycles. The van der Waals surface area contributed by atoms with Crippen molar-refractivity contribution >= 4 is 23.5 Å². The zero-order valence-electron chi connectivity index (χ0n) is 6.99. The molecular formula is C7H9ClN4O. The minimum absolute atomic E-state index is 0.162. The van der Waals surface area contributed by atoms with E-state index < -0.39 is 6.04 Å². The summed E-state index contributed by atoms with van der Waals surface area (Å²) in [4.78, 5) is 18.6. The number of aromatic nitrogens is 2. The average Bonchev–Trinajstić information content (AvgIpc) is 2.04.